The number of alkyl halides is 1. The largest absolute Gasteiger partial charge is 0.481 e. The summed E-state index contributed by atoms with van der Waals surface area (Å²) in [5.74, 6) is -0.751. The van der Waals surface area contributed by atoms with Crippen molar-refractivity contribution >= 4 is 5.97 Å². The van der Waals surface area contributed by atoms with Crippen molar-refractivity contribution in [2.75, 3.05) is 0 Å². The fourth-order valence-electron chi connectivity index (χ4n) is 2.17. The minimum absolute atomic E-state index is 0.117. The Labute approximate surface area is 78.1 Å². The van der Waals surface area contributed by atoms with E-state index in [1.54, 1.807) is 0 Å². The van der Waals surface area contributed by atoms with E-state index < -0.39 is 12.1 Å². The first-order valence-corrected chi connectivity index (χ1v) is 4.94. The van der Waals surface area contributed by atoms with Crippen molar-refractivity contribution < 1.29 is 14.3 Å². The Morgan fingerprint density at radius 1 is 1.54 bits per heavy atom. The second-order valence-electron chi connectivity index (χ2n) is 4.10. The third-order valence-corrected chi connectivity index (χ3v) is 3.25. The van der Waals surface area contributed by atoms with E-state index in [0.717, 1.165) is 19.3 Å². The summed E-state index contributed by atoms with van der Waals surface area (Å²) in [7, 11) is 0. The van der Waals surface area contributed by atoms with Gasteiger partial charge in [-0.3, -0.25) is 4.79 Å². The van der Waals surface area contributed by atoms with E-state index >= 15 is 0 Å². The van der Waals surface area contributed by atoms with Crippen LogP contribution >= 0.6 is 0 Å². The van der Waals surface area contributed by atoms with Gasteiger partial charge in [0, 0.05) is 0 Å². The van der Waals surface area contributed by atoms with Crippen LogP contribution < -0.4 is 0 Å². The molecule has 0 spiro atoms. The molecule has 0 aromatic carbocycles. The Hall–Kier alpha value is -0.600. The molecule has 0 heterocycles. The minimum atomic E-state index is -0.751. The third kappa shape index (κ3) is 2.68. The molecule has 1 aliphatic rings. The van der Waals surface area contributed by atoms with Crippen LogP contribution in [0.5, 0.6) is 0 Å². The smallest absolute Gasteiger partial charge is 0.303 e. The Balaban J connectivity index is 2.55. The molecule has 0 aliphatic heterocycles. The first kappa shape index (κ1) is 10.5. The zero-order valence-electron chi connectivity index (χ0n) is 8.05. The van der Waals surface area contributed by atoms with Gasteiger partial charge >= 0.3 is 5.97 Å². The van der Waals surface area contributed by atoms with Gasteiger partial charge in [-0.15, -0.1) is 0 Å². The van der Waals surface area contributed by atoms with Crippen LogP contribution in [0.1, 0.15) is 45.4 Å². The number of hydrogen-bond donors (Lipinski definition) is 1. The molecule has 1 rings (SSSR count). The van der Waals surface area contributed by atoms with Gasteiger partial charge in [0.05, 0.1) is 6.42 Å². The van der Waals surface area contributed by atoms with Crippen molar-refractivity contribution in [2.24, 2.45) is 5.41 Å². The van der Waals surface area contributed by atoms with E-state index in [0.29, 0.717) is 12.8 Å². The quantitative estimate of drug-likeness (QED) is 0.739. The van der Waals surface area contributed by atoms with E-state index in [-0.39, 0.29) is 11.8 Å². The van der Waals surface area contributed by atoms with Crippen molar-refractivity contribution in [2.45, 2.75) is 51.6 Å². The van der Waals surface area contributed by atoms with E-state index in [2.05, 4.69) is 0 Å². The van der Waals surface area contributed by atoms with Crippen molar-refractivity contribution in [3.05, 3.63) is 0 Å². The summed E-state index contributed by atoms with van der Waals surface area (Å²) >= 11 is 0. The number of carbonyl (C=O) groups is 1. The van der Waals surface area contributed by atoms with Crippen molar-refractivity contribution in [1.82, 2.24) is 0 Å². The van der Waals surface area contributed by atoms with Crippen LogP contribution in [0.15, 0.2) is 0 Å². The third-order valence-electron chi connectivity index (χ3n) is 3.25. The summed E-state index contributed by atoms with van der Waals surface area (Å²) in [5.41, 5.74) is -0.117. The van der Waals surface area contributed by atoms with Crippen LogP contribution in [0, 0.1) is 5.41 Å². The van der Waals surface area contributed by atoms with Crippen LogP contribution in [-0.2, 0) is 4.79 Å². The van der Waals surface area contributed by atoms with Crippen LogP contribution in [0.2, 0.25) is 0 Å². The van der Waals surface area contributed by atoms with Crippen LogP contribution in [0.4, 0.5) is 4.39 Å². The molecule has 2 nitrogen and oxygen atoms in total. The molecule has 3 heteroatoms. The summed E-state index contributed by atoms with van der Waals surface area (Å²) in [4.78, 5) is 10.6. The zero-order valence-corrected chi connectivity index (χ0v) is 8.05. The molecule has 0 atom stereocenters. The van der Waals surface area contributed by atoms with E-state index in [4.69, 9.17) is 5.11 Å². The number of carboxylic acids is 1. The molecular formula is C10H17FO2. The van der Waals surface area contributed by atoms with Gasteiger partial charge in [-0.25, -0.2) is 4.39 Å². The Kier molecular flexibility index (Phi) is 3.28. The van der Waals surface area contributed by atoms with Gasteiger partial charge in [-0.1, -0.05) is 6.92 Å². The molecule has 13 heavy (non-hydrogen) atoms. The lowest BCUT2D eigenvalue weighted by Crippen LogP contribution is -2.30. The maximum atomic E-state index is 12.9. The maximum Gasteiger partial charge on any atom is 0.303 e. The molecule has 1 saturated carbocycles. The molecule has 0 aromatic heterocycles. The molecule has 0 bridgehead atoms. The van der Waals surface area contributed by atoms with Crippen LogP contribution in [0.3, 0.4) is 0 Å². The van der Waals surface area contributed by atoms with Gasteiger partial charge in [0.2, 0.25) is 0 Å². The molecule has 0 unspecified atom stereocenters. The summed E-state index contributed by atoms with van der Waals surface area (Å²) in [6.07, 6.45) is 2.91. The van der Waals surface area contributed by atoms with Gasteiger partial charge in [0.1, 0.15) is 6.17 Å². The predicted octanol–water partition coefficient (Wildman–Crippen LogP) is 2.77. The highest BCUT2D eigenvalue weighted by atomic mass is 19.1. The van der Waals surface area contributed by atoms with Crippen LogP contribution in [0.25, 0.3) is 0 Å². The lowest BCUT2D eigenvalue weighted by Gasteiger charge is -2.36. The SMILES string of the molecule is CCC1(CC(=O)O)CCC(F)CC1. The van der Waals surface area contributed by atoms with Crippen molar-refractivity contribution in [1.29, 1.82) is 0 Å². The van der Waals surface area contributed by atoms with E-state index in [1.165, 1.54) is 0 Å². The Bertz CT molecular complexity index is 183. The normalized spacial score (nSPS) is 34.5. The molecule has 0 radical (unpaired) electrons. The molecule has 1 aliphatic carbocycles. The predicted molar refractivity (Wildman–Crippen MR) is 48.3 cm³/mol. The molecule has 0 saturated heterocycles. The summed E-state index contributed by atoms with van der Waals surface area (Å²) in [6, 6.07) is 0. The molecule has 76 valence electrons. The average molecular weight is 188 g/mol. The number of aliphatic carboxylic acids is 1. The summed E-state index contributed by atoms with van der Waals surface area (Å²) in [6.45, 7) is 2.00. The van der Waals surface area contributed by atoms with E-state index in [9.17, 15) is 9.18 Å². The number of hydrogen-bond acceptors (Lipinski definition) is 1. The number of carboxylic acid groups (broad SMARTS) is 1. The Morgan fingerprint density at radius 2 is 2.08 bits per heavy atom. The van der Waals surface area contributed by atoms with Crippen molar-refractivity contribution in [3.8, 4) is 0 Å². The molecule has 0 aromatic rings. The molecule has 1 fully saturated rings. The first-order chi connectivity index (χ1) is 6.08. The standard InChI is InChI=1S/C10H17FO2/c1-2-10(7-9(12)13)5-3-8(11)4-6-10/h8H,2-7H2,1H3,(H,12,13). The van der Waals surface area contributed by atoms with Gasteiger partial charge in [-0.05, 0) is 37.5 Å². The maximum absolute atomic E-state index is 12.9. The van der Waals surface area contributed by atoms with Gasteiger partial charge in [0.25, 0.3) is 0 Å². The Morgan fingerprint density at radius 3 is 2.46 bits per heavy atom. The number of halogens is 1. The lowest BCUT2D eigenvalue weighted by atomic mass is 9.69. The topological polar surface area (TPSA) is 37.3 Å². The molecular weight excluding hydrogens is 171 g/mol. The second-order valence-corrected chi connectivity index (χ2v) is 4.10. The summed E-state index contributed by atoms with van der Waals surface area (Å²) in [5, 5.41) is 8.73. The highest BCUT2D eigenvalue weighted by Gasteiger charge is 2.35. The summed E-state index contributed by atoms with van der Waals surface area (Å²) < 4.78 is 12.9. The zero-order chi connectivity index (χ0) is 9.90. The monoisotopic (exact) mass is 188 g/mol. The molecule has 0 amide bonds. The van der Waals surface area contributed by atoms with Gasteiger partial charge < -0.3 is 5.11 Å². The average Bonchev–Trinajstić information content (AvgIpc) is 2.09. The lowest BCUT2D eigenvalue weighted by molar-refractivity contribution is -0.140. The number of rotatable bonds is 3. The van der Waals surface area contributed by atoms with Crippen molar-refractivity contribution in [3.63, 3.8) is 0 Å². The fourth-order valence-corrected chi connectivity index (χ4v) is 2.17. The highest BCUT2D eigenvalue weighted by Crippen LogP contribution is 2.42. The fraction of sp³-hybridized carbons (Fsp3) is 0.900. The first-order valence-electron chi connectivity index (χ1n) is 4.94. The van der Waals surface area contributed by atoms with E-state index in [1.807, 2.05) is 6.92 Å². The molecule has 1 N–H and O–H groups in total. The second kappa shape index (κ2) is 4.07. The highest BCUT2D eigenvalue weighted by molar-refractivity contribution is 5.67. The van der Waals surface area contributed by atoms with Crippen LogP contribution in [-0.4, -0.2) is 17.2 Å². The minimum Gasteiger partial charge on any atom is -0.481 e. The van der Waals surface area contributed by atoms with Gasteiger partial charge in [0.15, 0.2) is 0 Å². The van der Waals surface area contributed by atoms with Gasteiger partial charge in [-0.2, -0.15) is 0 Å².